The van der Waals surface area contributed by atoms with E-state index in [1.165, 1.54) is 12.1 Å². The number of halogens is 2. The molecule has 0 N–H and O–H groups in total. The van der Waals surface area contributed by atoms with E-state index in [0.29, 0.717) is 27.7 Å². The summed E-state index contributed by atoms with van der Waals surface area (Å²) in [5.74, 6) is -0.576. The largest absolute Gasteiger partial charge is 0.308 e. The first-order valence-electron chi connectivity index (χ1n) is 6.15. The number of amides is 1. The summed E-state index contributed by atoms with van der Waals surface area (Å²) in [5.41, 5.74) is 1.98. The van der Waals surface area contributed by atoms with Gasteiger partial charge in [-0.25, -0.2) is 4.39 Å². The third-order valence-corrected chi connectivity index (χ3v) is 3.98. The van der Waals surface area contributed by atoms with Crippen LogP contribution in [-0.4, -0.2) is 12.5 Å². The molecule has 1 aliphatic heterocycles. The predicted molar refractivity (Wildman–Crippen MR) is 80.5 cm³/mol. The quantitative estimate of drug-likeness (QED) is 0.790. The number of benzene rings is 2. The highest BCUT2D eigenvalue weighted by Crippen LogP contribution is 2.31. The second-order valence-electron chi connectivity index (χ2n) is 4.64. The summed E-state index contributed by atoms with van der Waals surface area (Å²) in [6.45, 7) is 0.532. The van der Waals surface area contributed by atoms with Gasteiger partial charge in [-0.2, -0.15) is 0 Å². The molecular formula is C15H11ClFNOS. The molecule has 2 nitrogen and oxygen atoms in total. The fourth-order valence-corrected chi connectivity index (χ4v) is 2.79. The molecule has 2 aromatic rings. The maximum Gasteiger partial charge on any atom is 0.259 e. The Kier molecular flexibility index (Phi) is 3.44. The Bertz CT molecular complexity index is 704. The average molecular weight is 308 g/mol. The van der Waals surface area contributed by atoms with E-state index in [4.69, 9.17) is 11.6 Å². The zero-order valence-corrected chi connectivity index (χ0v) is 12.1. The molecule has 102 valence electrons. The van der Waals surface area contributed by atoms with Gasteiger partial charge >= 0.3 is 0 Å². The molecule has 1 aliphatic rings. The van der Waals surface area contributed by atoms with Crippen molar-refractivity contribution in [1.82, 2.24) is 0 Å². The molecule has 0 atom stereocenters. The smallest absolute Gasteiger partial charge is 0.259 e. The molecule has 0 radical (unpaired) electrons. The second kappa shape index (κ2) is 5.11. The van der Waals surface area contributed by atoms with Crippen LogP contribution in [0.15, 0.2) is 41.3 Å². The van der Waals surface area contributed by atoms with Gasteiger partial charge < -0.3 is 4.90 Å². The molecule has 20 heavy (non-hydrogen) atoms. The van der Waals surface area contributed by atoms with Crippen LogP contribution in [0.4, 0.5) is 10.1 Å². The summed E-state index contributed by atoms with van der Waals surface area (Å²) in [5, 5.41) is 0.373. The zero-order chi connectivity index (χ0) is 14.3. The molecule has 0 aromatic heterocycles. The third kappa shape index (κ3) is 2.30. The van der Waals surface area contributed by atoms with Crippen LogP contribution in [0.5, 0.6) is 0 Å². The number of hydrogen-bond acceptors (Lipinski definition) is 2. The standard InChI is InChI=1S/C15H11ClFNOS/c16-13-4-3-11(20)8-12(13)15(19)18-6-5-9-1-2-10(17)7-14(9)18/h1-4,7-8,20H,5-6H2. The molecule has 5 heteroatoms. The van der Waals surface area contributed by atoms with E-state index in [9.17, 15) is 9.18 Å². The Labute approximate surface area is 126 Å². The molecule has 2 aromatic carbocycles. The summed E-state index contributed by atoms with van der Waals surface area (Å²) in [6.07, 6.45) is 0.722. The second-order valence-corrected chi connectivity index (χ2v) is 5.57. The molecule has 0 bridgehead atoms. The van der Waals surface area contributed by atoms with Crippen LogP contribution in [0.2, 0.25) is 5.02 Å². The van der Waals surface area contributed by atoms with Gasteiger partial charge in [0.05, 0.1) is 16.3 Å². The SMILES string of the molecule is O=C(c1cc(S)ccc1Cl)N1CCc2ccc(F)cc21. The summed E-state index contributed by atoms with van der Waals surface area (Å²) >= 11 is 10.3. The van der Waals surface area contributed by atoms with E-state index in [2.05, 4.69) is 12.6 Å². The van der Waals surface area contributed by atoms with Crippen molar-refractivity contribution in [3.63, 3.8) is 0 Å². The van der Waals surface area contributed by atoms with E-state index in [0.717, 1.165) is 12.0 Å². The van der Waals surface area contributed by atoms with Crippen molar-refractivity contribution in [1.29, 1.82) is 0 Å². The highest BCUT2D eigenvalue weighted by Gasteiger charge is 2.27. The molecule has 0 fully saturated rings. The van der Waals surface area contributed by atoms with Crippen LogP contribution in [0.25, 0.3) is 0 Å². The lowest BCUT2D eigenvalue weighted by molar-refractivity contribution is 0.0989. The molecule has 1 amide bonds. The minimum absolute atomic E-state index is 0.227. The predicted octanol–water partition coefficient (Wildman–Crippen LogP) is 3.97. The highest BCUT2D eigenvalue weighted by atomic mass is 35.5. The van der Waals surface area contributed by atoms with Crippen molar-refractivity contribution < 1.29 is 9.18 Å². The van der Waals surface area contributed by atoms with Gasteiger partial charge in [0.15, 0.2) is 0 Å². The van der Waals surface area contributed by atoms with E-state index in [1.807, 2.05) is 0 Å². The van der Waals surface area contributed by atoms with E-state index >= 15 is 0 Å². The van der Waals surface area contributed by atoms with Crippen LogP contribution in [0, 0.1) is 5.82 Å². The lowest BCUT2D eigenvalue weighted by atomic mass is 10.1. The van der Waals surface area contributed by atoms with Gasteiger partial charge in [0, 0.05) is 11.4 Å². The number of thiol groups is 1. The van der Waals surface area contributed by atoms with Crippen molar-refractivity contribution in [2.45, 2.75) is 11.3 Å². The maximum atomic E-state index is 13.4. The van der Waals surface area contributed by atoms with Crippen LogP contribution < -0.4 is 4.90 Å². The maximum absolute atomic E-state index is 13.4. The number of fused-ring (bicyclic) bond motifs is 1. The van der Waals surface area contributed by atoms with Crippen molar-refractivity contribution in [3.05, 3.63) is 58.4 Å². The summed E-state index contributed by atoms with van der Waals surface area (Å²) in [4.78, 5) is 14.8. The lowest BCUT2D eigenvalue weighted by Crippen LogP contribution is -2.29. The van der Waals surface area contributed by atoms with Gasteiger partial charge in [-0.3, -0.25) is 4.79 Å². The Hall–Kier alpha value is -1.52. The molecule has 0 aliphatic carbocycles. The topological polar surface area (TPSA) is 20.3 Å². The molecule has 0 spiro atoms. The fourth-order valence-electron chi connectivity index (χ4n) is 2.39. The van der Waals surface area contributed by atoms with Crippen molar-refractivity contribution in [2.75, 3.05) is 11.4 Å². The molecule has 1 heterocycles. The van der Waals surface area contributed by atoms with Crippen molar-refractivity contribution in [3.8, 4) is 0 Å². The van der Waals surface area contributed by atoms with Crippen molar-refractivity contribution >= 4 is 35.8 Å². The minimum Gasteiger partial charge on any atom is -0.308 e. The number of anilines is 1. The number of hydrogen-bond donors (Lipinski definition) is 1. The van der Waals surface area contributed by atoms with Crippen LogP contribution >= 0.6 is 24.2 Å². The van der Waals surface area contributed by atoms with Gasteiger partial charge in [0.25, 0.3) is 5.91 Å². The monoisotopic (exact) mass is 307 g/mol. The Morgan fingerprint density at radius 2 is 2.05 bits per heavy atom. The van der Waals surface area contributed by atoms with Crippen LogP contribution in [0.1, 0.15) is 15.9 Å². The van der Waals surface area contributed by atoms with Crippen LogP contribution in [-0.2, 0) is 6.42 Å². The summed E-state index contributed by atoms with van der Waals surface area (Å²) in [6, 6.07) is 9.51. The number of carbonyl (C=O) groups is 1. The van der Waals surface area contributed by atoms with Crippen molar-refractivity contribution in [2.24, 2.45) is 0 Å². The minimum atomic E-state index is -0.350. The third-order valence-electron chi connectivity index (χ3n) is 3.37. The van der Waals surface area contributed by atoms with Gasteiger partial charge in [-0.05, 0) is 42.3 Å². The molecule has 3 rings (SSSR count). The fraction of sp³-hybridized carbons (Fsp3) is 0.133. The zero-order valence-electron chi connectivity index (χ0n) is 10.4. The number of rotatable bonds is 1. The lowest BCUT2D eigenvalue weighted by Gasteiger charge is -2.18. The first-order valence-corrected chi connectivity index (χ1v) is 6.97. The summed E-state index contributed by atoms with van der Waals surface area (Å²) < 4.78 is 13.4. The highest BCUT2D eigenvalue weighted by molar-refractivity contribution is 7.80. The summed E-state index contributed by atoms with van der Waals surface area (Å²) in [7, 11) is 0. The molecule has 0 unspecified atom stereocenters. The van der Waals surface area contributed by atoms with E-state index in [-0.39, 0.29) is 11.7 Å². The van der Waals surface area contributed by atoms with Gasteiger partial charge in [-0.1, -0.05) is 17.7 Å². The number of nitrogens with zero attached hydrogens (tertiary/aromatic N) is 1. The Morgan fingerprint density at radius 3 is 2.85 bits per heavy atom. The van der Waals surface area contributed by atoms with E-state index in [1.54, 1.807) is 29.2 Å². The average Bonchev–Trinajstić information content (AvgIpc) is 2.83. The number of carbonyl (C=O) groups excluding carboxylic acids is 1. The first-order chi connectivity index (χ1) is 9.56. The van der Waals surface area contributed by atoms with Gasteiger partial charge in [0.2, 0.25) is 0 Å². The molecule has 0 saturated heterocycles. The Balaban J connectivity index is 2.01. The first kappa shape index (κ1) is 13.5. The molecule has 0 saturated carbocycles. The van der Waals surface area contributed by atoms with Gasteiger partial charge in [-0.15, -0.1) is 12.6 Å². The van der Waals surface area contributed by atoms with Crippen LogP contribution in [0.3, 0.4) is 0 Å². The normalized spacial score (nSPS) is 13.4. The molecular weight excluding hydrogens is 297 g/mol. The van der Waals surface area contributed by atoms with E-state index < -0.39 is 0 Å². The van der Waals surface area contributed by atoms with Gasteiger partial charge in [0.1, 0.15) is 5.82 Å². The Morgan fingerprint density at radius 1 is 1.25 bits per heavy atom.